The zero-order chi connectivity index (χ0) is 13.2. The van der Waals surface area contributed by atoms with Crippen molar-refractivity contribution in [2.75, 3.05) is 4.90 Å². The Balaban J connectivity index is 1.81. The number of hydrogen-bond acceptors (Lipinski definition) is 5. The van der Waals surface area contributed by atoms with Gasteiger partial charge in [0, 0.05) is 12.6 Å². The van der Waals surface area contributed by atoms with Gasteiger partial charge in [-0.2, -0.15) is 11.3 Å². The highest BCUT2D eigenvalue weighted by molar-refractivity contribution is 7.07. The molecule has 0 saturated heterocycles. The molecule has 19 heavy (non-hydrogen) atoms. The molecule has 0 radical (unpaired) electrons. The van der Waals surface area contributed by atoms with Crippen molar-refractivity contribution in [1.29, 1.82) is 0 Å². The van der Waals surface area contributed by atoms with E-state index in [4.69, 9.17) is 5.11 Å². The fourth-order valence-corrected chi connectivity index (χ4v) is 2.61. The van der Waals surface area contributed by atoms with Crippen LogP contribution < -0.4 is 4.90 Å². The molecule has 2 aromatic heterocycles. The van der Waals surface area contributed by atoms with Crippen LogP contribution in [-0.4, -0.2) is 27.3 Å². The lowest BCUT2D eigenvalue weighted by Crippen LogP contribution is -2.26. The predicted octanol–water partition coefficient (Wildman–Crippen LogP) is 2.41. The Morgan fingerprint density at radius 1 is 1.37 bits per heavy atom. The standard InChI is InChI=1S/C13H13N3O2S/c17-13(18)11-3-4-12(15-14-11)16(10-1-2-10)7-9-5-6-19-8-9/h3-6,8,10H,1-2,7H2,(H,17,18). The third-order valence-corrected chi connectivity index (χ3v) is 3.82. The van der Waals surface area contributed by atoms with Crippen LogP contribution in [0.3, 0.4) is 0 Å². The fraction of sp³-hybridized carbons (Fsp3) is 0.308. The SMILES string of the molecule is O=C(O)c1ccc(N(Cc2ccsc2)C2CC2)nn1. The van der Waals surface area contributed by atoms with Crippen LogP contribution in [0.4, 0.5) is 5.82 Å². The van der Waals surface area contributed by atoms with E-state index in [0.29, 0.717) is 6.04 Å². The first-order valence-electron chi connectivity index (χ1n) is 6.09. The van der Waals surface area contributed by atoms with Gasteiger partial charge >= 0.3 is 5.97 Å². The van der Waals surface area contributed by atoms with Gasteiger partial charge in [-0.25, -0.2) is 4.79 Å². The van der Waals surface area contributed by atoms with Crippen molar-refractivity contribution in [2.45, 2.75) is 25.4 Å². The molecule has 6 heteroatoms. The van der Waals surface area contributed by atoms with E-state index in [-0.39, 0.29) is 5.69 Å². The van der Waals surface area contributed by atoms with Crippen molar-refractivity contribution < 1.29 is 9.90 Å². The number of anilines is 1. The molecule has 0 atom stereocenters. The largest absolute Gasteiger partial charge is 0.476 e. The molecule has 98 valence electrons. The first-order chi connectivity index (χ1) is 9.24. The van der Waals surface area contributed by atoms with Crippen LogP contribution >= 0.6 is 11.3 Å². The Morgan fingerprint density at radius 2 is 2.21 bits per heavy atom. The molecule has 1 aliphatic rings. The summed E-state index contributed by atoms with van der Waals surface area (Å²) in [7, 11) is 0. The van der Waals surface area contributed by atoms with Gasteiger partial charge in [0.2, 0.25) is 0 Å². The number of rotatable bonds is 5. The zero-order valence-electron chi connectivity index (χ0n) is 10.2. The fourth-order valence-electron chi connectivity index (χ4n) is 1.96. The van der Waals surface area contributed by atoms with E-state index >= 15 is 0 Å². The van der Waals surface area contributed by atoms with Gasteiger partial charge < -0.3 is 10.0 Å². The summed E-state index contributed by atoms with van der Waals surface area (Å²) in [5.41, 5.74) is 1.23. The normalized spacial score (nSPS) is 14.3. The average molecular weight is 275 g/mol. The smallest absolute Gasteiger partial charge is 0.356 e. The van der Waals surface area contributed by atoms with Crippen LogP contribution in [0, 0.1) is 0 Å². The Morgan fingerprint density at radius 3 is 2.74 bits per heavy atom. The molecule has 0 bridgehead atoms. The molecule has 2 heterocycles. The Kier molecular flexibility index (Phi) is 3.16. The van der Waals surface area contributed by atoms with Crippen LogP contribution in [0.5, 0.6) is 0 Å². The van der Waals surface area contributed by atoms with E-state index in [2.05, 4.69) is 31.9 Å². The summed E-state index contributed by atoms with van der Waals surface area (Å²) in [6.45, 7) is 0.801. The van der Waals surface area contributed by atoms with Crippen LogP contribution in [0.2, 0.25) is 0 Å². The minimum Gasteiger partial charge on any atom is -0.476 e. The lowest BCUT2D eigenvalue weighted by atomic mass is 10.3. The van der Waals surface area contributed by atoms with Crippen molar-refractivity contribution in [3.8, 4) is 0 Å². The lowest BCUT2D eigenvalue weighted by molar-refractivity contribution is 0.0689. The molecule has 0 spiro atoms. The number of aromatic nitrogens is 2. The molecule has 0 amide bonds. The summed E-state index contributed by atoms with van der Waals surface area (Å²) < 4.78 is 0. The Hall–Kier alpha value is -1.95. The van der Waals surface area contributed by atoms with Gasteiger partial charge in [0.15, 0.2) is 11.5 Å². The van der Waals surface area contributed by atoms with E-state index in [1.54, 1.807) is 17.4 Å². The number of nitrogens with zero attached hydrogens (tertiary/aromatic N) is 3. The second-order valence-electron chi connectivity index (χ2n) is 4.57. The number of aromatic carboxylic acids is 1. The number of carboxylic acids is 1. The van der Waals surface area contributed by atoms with Crippen molar-refractivity contribution in [1.82, 2.24) is 10.2 Å². The highest BCUT2D eigenvalue weighted by Gasteiger charge is 2.30. The molecular weight excluding hydrogens is 262 g/mol. The second-order valence-corrected chi connectivity index (χ2v) is 5.35. The number of hydrogen-bond donors (Lipinski definition) is 1. The summed E-state index contributed by atoms with van der Waals surface area (Å²) in [5, 5.41) is 20.8. The van der Waals surface area contributed by atoms with Gasteiger partial charge in [-0.1, -0.05) is 0 Å². The quantitative estimate of drug-likeness (QED) is 0.907. The van der Waals surface area contributed by atoms with E-state index in [0.717, 1.165) is 25.2 Å². The van der Waals surface area contributed by atoms with Crippen LogP contribution in [0.25, 0.3) is 0 Å². The molecule has 5 nitrogen and oxygen atoms in total. The minimum atomic E-state index is -1.05. The summed E-state index contributed by atoms with van der Waals surface area (Å²) in [4.78, 5) is 13.0. The van der Waals surface area contributed by atoms with Gasteiger partial charge in [0.05, 0.1) is 0 Å². The maximum absolute atomic E-state index is 10.8. The molecule has 3 rings (SSSR count). The summed E-state index contributed by atoms with van der Waals surface area (Å²) in [6, 6.07) is 5.85. The van der Waals surface area contributed by atoms with Crippen molar-refractivity contribution in [2.24, 2.45) is 0 Å². The maximum Gasteiger partial charge on any atom is 0.356 e. The third-order valence-electron chi connectivity index (χ3n) is 3.08. The van der Waals surface area contributed by atoms with E-state index in [9.17, 15) is 4.79 Å². The maximum atomic E-state index is 10.8. The number of carbonyl (C=O) groups is 1. The van der Waals surface area contributed by atoms with Crippen LogP contribution in [-0.2, 0) is 6.54 Å². The van der Waals surface area contributed by atoms with E-state index in [1.807, 2.05) is 0 Å². The van der Waals surface area contributed by atoms with Gasteiger partial charge in [-0.15, -0.1) is 10.2 Å². The molecule has 0 aromatic carbocycles. The third kappa shape index (κ3) is 2.73. The van der Waals surface area contributed by atoms with E-state index in [1.165, 1.54) is 11.6 Å². The average Bonchev–Trinajstić information content (AvgIpc) is 3.13. The number of thiophene rings is 1. The molecule has 1 saturated carbocycles. The molecule has 0 unspecified atom stereocenters. The van der Waals surface area contributed by atoms with Crippen LogP contribution in [0.15, 0.2) is 29.0 Å². The number of carboxylic acid groups (broad SMARTS) is 1. The monoisotopic (exact) mass is 275 g/mol. The van der Waals surface area contributed by atoms with Crippen molar-refractivity contribution in [3.05, 3.63) is 40.2 Å². The summed E-state index contributed by atoms with van der Waals surface area (Å²) in [6.07, 6.45) is 2.32. The molecular formula is C13H13N3O2S. The Labute approximate surface area is 114 Å². The van der Waals surface area contributed by atoms with Gasteiger partial charge in [-0.3, -0.25) is 0 Å². The molecule has 0 aliphatic heterocycles. The Bertz CT molecular complexity index is 564. The highest BCUT2D eigenvalue weighted by atomic mass is 32.1. The van der Waals surface area contributed by atoms with Crippen LogP contribution in [0.1, 0.15) is 28.9 Å². The van der Waals surface area contributed by atoms with Crippen molar-refractivity contribution >= 4 is 23.1 Å². The van der Waals surface area contributed by atoms with Crippen molar-refractivity contribution in [3.63, 3.8) is 0 Å². The minimum absolute atomic E-state index is 0.0185. The molecule has 1 aliphatic carbocycles. The van der Waals surface area contributed by atoms with Gasteiger partial charge in [0.1, 0.15) is 0 Å². The molecule has 1 N–H and O–H groups in total. The molecule has 1 fully saturated rings. The predicted molar refractivity (Wildman–Crippen MR) is 72.5 cm³/mol. The molecule has 2 aromatic rings. The first kappa shape index (κ1) is 12.1. The zero-order valence-corrected chi connectivity index (χ0v) is 11.0. The second kappa shape index (κ2) is 4.97. The van der Waals surface area contributed by atoms with E-state index < -0.39 is 5.97 Å². The first-order valence-corrected chi connectivity index (χ1v) is 7.03. The topological polar surface area (TPSA) is 66.3 Å². The van der Waals surface area contributed by atoms with Gasteiger partial charge in [-0.05, 0) is 47.4 Å². The highest BCUT2D eigenvalue weighted by Crippen LogP contribution is 2.32. The summed E-state index contributed by atoms with van der Waals surface area (Å²) >= 11 is 1.67. The van der Waals surface area contributed by atoms with Gasteiger partial charge in [0.25, 0.3) is 0 Å². The summed E-state index contributed by atoms with van der Waals surface area (Å²) in [5.74, 6) is -0.298. The lowest BCUT2D eigenvalue weighted by Gasteiger charge is -2.22.